The van der Waals surface area contributed by atoms with Gasteiger partial charge in [0.1, 0.15) is 5.82 Å². The number of nitrogens with zero attached hydrogens (tertiary/aromatic N) is 2. The molecule has 19 heavy (non-hydrogen) atoms. The molecule has 0 aromatic heterocycles. The Morgan fingerprint density at radius 1 is 1.26 bits per heavy atom. The zero-order valence-corrected chi connectivity index (χ0v) is 10.6. The molecule has 0 fully saturated rings. The van der Waals surface area contributed by atoms with Gasteiger partial charge in [0.2, 0.25) is 0 Å². The standard InChI is InChI=1S/C15H14FN3/c1-19(15-4-2-3-14(18)8-15)10-12-5-11(9-17)6-13(16)7-12/h2-8H,10,18H2,1H3. The van der Waals surface area contributed by atoms with Crippen LogP contribution in [-0.2, 0) is 6.54 Å². The molecule has 0 aliphatic heterocycles. The lowest BCUT2D eigenvalue weighted by Gasteiger charge is -2.20. The maximum Gasteiger partial charge on any atom is 0.124 e. The zero-order valence-electron chi connectivity index (χ0n) is 10.6. The molecule has 0 heterocycles. The van der Waals surface area contributed by atoms with Crippen molar-refractivity contribution in [1.82, 2.24) is 0 Å². The fraction of sp³-hybridized carbons (Fsp3) is 0.133. The van der Waals surface area contributed by atoms with Crippen LogP contribution in [0.5, 0.6) is 0 Å². The molecule has 2 rings (SSSR count). The summed E-state index contributed by atoms with van der Waals surface area (Å²) in [6.07, 6.45) is 0. The topological polar surface area (TPSA) is 53.0 Å². The van der Waals surface area contributed by atoms with E-state index in [-0.39, 0.29) is 0 Å². The minimum Gasteiger partial charge on any atom is -0.399 e. The van der Waals surface area contributed by atoms with E-state index < -0.39 is 5.82 Å². The lowest BCUT2D eigenvalue weighted by Crippen LogP contribution is -2.16. The summed E-state index contributed by atoms with van der Waals surface area (Å²) in [4.78, 5) is 1.95. The van der Waals surface area contributed by atoms with E-state index in [4.69, 9.17) is 11.0 Å². The second-order valence-electron chi connectivity index (χ2n) is 4.41. The lowest BCUT2D eigenvalue weighted by atomic mass is 10.1. The summed E-state index contributed by atoms with van der Waals surface area (Å²) in [6.45, 7) is 0.510. The van der Waals surface area contributed by atoms with Crippen LogP contribution < -0.4 is 10.6 Å². The molecule has 0 saturated carbocycles. The van der Waals surface area contributed by atoms with Crippen LogP contribution in [0, 0.1) is 17.1 Å². The van der Waals surface area contributed by atoms with Crippen molar-refractivity contribution in [1.29, 1.82) is 5.26 Å². The summed E-state index contributed by atoms with van der Waals surface area (Å²) in [5.74, 6) is -0.393. The largest absolute Gasteiger partial charge is 0.399 e. The van der Waals surface area contributed by atoms with E-state index in [0.717, 1.165) is 11.3 Å². The Morgan fingerprint density at radius 2 is 2.05 bits per heavy atom. The van der Waals surface area contributed by atoms with Crippen LogP contribution in [0.2, 0.25) is 0 Å². The Kier molecular flexibility index (Phi) is 3.67. The fourth-order valence-electron chi connectivity index (χ4n) is 1.93. The van der Waals surface area contributed by atoms with Crippen molar-refractivity contribution >= 4 is 11.4 Å². The monoisotopic (exact) mass is 255 g/mol. The van der Waals surface area contributed by atoms with Crippen LogP contribution in [0.4, 0.5) is 15.8 Å². The molecule has 0 bridgehead atoms. The molecule has 0 aliphatic rings. The molecular weight excluding hydrogens is 241 g/mol. The van der Waals surface area contributed by atoms with Gasteiger partial charge in [0.25, 0.3) is 0 Å². The molecule has 96 valence electrons. The molecule has 0 atom stereocenters. The normalized spacial score (nSPS) is 9.95. The number of halogens is 1. The van der Waals surface area contributed by atoms with Gasteiger partial charge in [0.05, 0.1) is 11.6 Å². The third-order valence-corrected chi connectivity index (χ3v) is 2.82. The molecule has 0 saturated heterocycles. The van der Waals surface area contributed by atoms with Gasteiger partial charge in [-0.2, -0.15) is 5.26 Å². The minimum absolute atomic E-state index is 0.330. The van der Waals surface area contributed by atoms with Gasteiger partial charge in [0.15, 0.2) is 0 Å². The molecule has 0 unspecified atom stereocenters. The van der Waals surface area contributed by atoms with Gasteiger partial charge in [0, 0.05) is 25.0 Å². The Labute approximate surface area is 111 Å². The summed E-state index contributed by atoms with van der Waals surface area (Å²) < 4.78 is 13.3. The van der Waals surface area contributed by atoms with E-state index in [2.05, 4.69) is 0 Å². The smallest absolute Gasteiger partial charge is 0.124 e. The van der Waals surface area contributed by atoms with E-state index in [0.29, 0.717) is 17.8 Å². The first-order valence-electron chi connectivity index (χ1n) is 5.85. The highest BCUT2D eigenvalue weighted by molar-refractivity contribution is 5.55. The molecule has 3 nitrogen and oxygen atoms in total. The molecule has 0 radical (unpaired) electrons. The number of anilines is 2. The van der Waals surface area contributed by atoms with Gasteiger partial charge < -0.3 is 10.6 Å². The SMILES string of the molecule is CN(Cc1cc(F)cc(C#N)c1)c1cccc(N)c1. The van der Waals surface area contributed by atoms with Crippen LogP contribution in [-0.4, -0.2) is 7.05 Å². The van der Waals surface area contributed by atoms with Gasteiger partial charge in [-0.1, -0.05) is 6.07 Å². The second kappa shape index (κ2) is 5.40. The highest BCUT2D eigenvalue weighted by atomic mass is 19.1. The Balaban J connectivity index is 2.21. The van der Waals surface area contributed by atoms with Crippen molar-refractivity contribution in [2.45, 2.75) is 6.54 Å². The van der Waals surface area contributed by atoms with Crippen LogP contribution in [0.3, 0.4) is 0 Å². The van der Waals surface area contributed by atoms with Crippen molar-refractivity contribution in [3.63, 3.8) is 0 Å². The summed E-state index contributed by atoms with van der Waals surface area (Å²) in [7, 11) is 1.89. The van der Waals surface area contributed by atoms with Gasteiger partial charge in [-0.05, 0) is 42.0 Å². The maximum absolute atomic E-state index is 13.3. The molecule has 2 aromatic carbocycles. The van der Waals surface area contributed by atoms with E-state index in [1.165, 1.54) is 12.1 Å². The number of hydrogen-bond donors (Lipinski definition) is 1. The minimum atomic E-state index is -0.393. The fourth-order valence-corrected chi connectivity index (χ4v) is 1.93. The number of rotatable bonds is 3. The number of nitrogens with two attached hydrogens (primary N) is 1. The molecule has 2 N–H and O–H groups in total. The Morgan fingerprint density at radius 3 is 2.74 bits per heavy atom. The van der Waals surface area contributed by atoms with Crippen LogP contribution in [0.15, 0.2) is 42.5 Å². The first-order valence-corrected chi connectivity index (χ1v) is 5.85. The van der Waals surface area contributed by atoms with Gasteiger partial charge in [-0.15, -0.1) is 0 Å². The van der Waals surface area contributed by atoms with Crippen LogP contribution in [0.25, 0.3) is 0 Å². The van der Waals surface area contributed by atoms with Crippen LogP contribution in [0.1, 0.15) is 11.1 Å². The Hall–Kier alpha value is -2.54. The number of hydrogen-bond acceptors (Lipinski definition) is 3. The van der Waals surface area contributed by atoms with E-state index in [1.807, 2.05) is 42.3 Å². The number of nitrogen functional groups attached to an aromatic ring is 1. The highest BCUT2D eigenvalue weighted by Gasteiger charge is 2.05. The summed E-state index contributed by atoms with van der Waals surface area (Å²) in [6, 6.07) is 13.8. The first-order chi connectivity index (χ1) is 9.08. The maximum atomic E-state index is 13.3. The van der Waals surface area contributed by atoms with Crippen molar-refractivity contribution in [2.24, 2.45) is 0 Å². The summed E-state index contributed by atoms with van der Waals surface area (Å²) in [5.41, 5.74) is 8.44. The third-order valence-electron chi connectivity index (χ3n) is 2.82. The summed E-state index contributed by atoms with van der Waals surface area (Å²) in [5, 5.41) is 8.83. The van der Waals surface area contributed by atoms with Crippen molar-refractivity contribution in [2.75, 3.05) is 17.7 Å². The van der Waals surface area contributed by atoms with Gasteiger partial charge in [-0.25, -0.2) is 4.39 Å². The second-order valence-corrected chi connectivity index (χ2v) is 4.41. The van der Waals surface area contributed by atoms with Gasteiger partial charge in [-0.3, -0.25) is 0 Å². The molecule has 0 amide bonds. The van der Waals surface area contributed by atoms with Crippen molar-refractivity contribution < 1.29 is 4.39 Å². The van der Waals surface area contributed by atoms with E-state index in [9.17, 15) is 4.39 Å². The molecule has 4 heteroatoms. The molecule has 2 aromatic rings. The predicted molar refractivity (Wildman–Crippen MR) is 74.1 cm³/mol. The number of benzene rings is 2. The molecule has 0 spiro atoms. The third kappa shape index (κ3) is 3.23. The first kappa shape index (κ1) is 12.9. The quantitative estimate of drug-likeness (QED) is 0.858. The Bertz CT molecular complexity index is 632. The molecular formula is C15H14FN3. The predicted octanol–water partition coefficient (Wildman–Crippen LogP) is 2.92. The number of nitriles is 1. The van der Waals surface area contributed by atoms with Crippen molar-refractivity contribution in [3.05, 3.63) is 59.4 Å². The summed E-state index contributed by atoms with van der Waals surface area (Å²) >= 11 is 0. The average molecular weight is 255 g/mol. The average Bonchev–Trinajstić information content (AvgIpc) is 2.38. The van der Waals surface area contributed by atoms with E-state index >= 15 is 0 Å². The van der Waals surface area contributed by atoms with E-state index in [1.54, 1.807) is 6.07 Å². The van der Waals surface area contributed by atoms with Gasteiger partial charge >= 0.3 is 0 Å². The lowest BCUT2D eigenvalue weighted by molar-refractivity contribution is 0.624. The van der Waals surface area contributed by atoms with Crippen molar-refractivity contribution in [3.8, 4) is 6.07 Å². The van der Waals surface area contributed by atoms with Crippen LogP contribution >= 0.6 is 0 Å². The zero-order chi connectivity index (χ0) is 13.8. The molecule has 0 aliphatic carbocycles. The highest BCUT2D eigenvalue weighted by Crippen LogP contribution is 2.19.